The van der Waals surface area contributed by atoms with Gasteiger partial charge in [-0.1, -0.05) is 48.5 Å². The van der Waals surface area contributed by atoms with Crippen LogP contribution in [0.4, 0.5) is 0 Å². The van der Waals surface area contributed by atoms with Crippen LogP contribution in [0.2, 0.25) is 0 Å². The van der Waals surface area contributed by atoms with Gasteiger partial charge in [0.1, 0.15) is 5.41 Å². The molecule has 0 heterocycles. The Kier molecular flexibility index (Phi) is 1.66. The SMILES string of the molecule is NC(=O)C12CC(c3ccccc31)c1ccccc12. The van der Waals surface area contributed by atoms with Crippen LogP contribution in [0, 0.1) is 0 Å². The first-order valence-corrected chi connectivity index (χ1v) is 6.24. The van der Waals surface area contributed by atoms with Crippen LogP contribution in [0.5, 0.6) is 0 Å². The Hall–Kier alpha value is -2.09. The summed E-state index contributed by atoms with van der Waals surface area (Å²) in [7, 11) is 0. The highest BCUT2D eigenvalue weighted by atomic mass is 16.1. The Morgan fingerprint density at radius 2 is 1.50 bits per heavy atom. The highest BCUT2D eigenvalue weighted by molar-refractivity contribution is 5.95. The summed E-state index contributed by atoms with van der Waals surface area (Å²) >= 11 is 0. The van der Waals surface area contributed by atoms with E-state index in [9.17, 15) is 4.79 Å². The minimum absolute atomic E-state index is 0.220. The van der Waals surface area contributed by atoms with Crippen molar-refractivity contribution in [2.75, 3.05) is 0 Å². The standard InChI is InChI=1S/C16H13NO/c17-15(18)16-9-12(10-5-1-3-7-13(10)16)11-6-2-4-8-14(11)16/h1-8,12H,9H2,(H2,17,18). The molecule has 2 N–H and O–H groups in total. The number of hydrogen-bond acceptors (Lipinski definition) is 1. The molecular weight excluding hydrogens is 222 g/mol. The summed E-state index contributed by atoms with van der Waals surface area (Å²) in [5.74, 6) is 0.118. The maximum absolute atomic E-state index is 12.1. The molecule has 0 unspecified atom stereocenters. The molecule has 2 aliphatic rings. The molecule has 2 bridgehead atoms. The zero-order valence-electron chi connectivity index (χ0n) is 9.89. The van der Waals surface area contributed by atoms with Gasteiger partial charge >= 0.3 is 0 Å². The molecular formula is C16H13NO. The summed E-state index contributed by atoms with van der Waals surface area (Å²) in [4.78, 5) is 12.1. The van der Waals surface area contributed by atoms with E-state index in [-0.39, 0.29) is 5.91 Å². The van der Waals surface area contributed by atoms with Crippen LogP contribution in [0.1, 0.15) is 34.6 Å². The number of benzene rings is 2. The predicted octanol–water partition coefficient (Wildman–Crippen LogP) is 2.31. The molecule has 0 aromatic heterocycles. The van der Waals surface area contributed by atoms with E-state index in [2.05, 4.69) is 24.3 Å². The fourth-order valence-corrected chi connectivity index (χ4v) is 3.80. The summed E-state index contributed by atoms with van der Waals surface area (Å²) in [5.41, 5.74) is 9.95. The largest absolute Gasteiger partial charge is 0.369 e. The summed E-state index contributed by atoms with van der Waals surface area (Å²) in [5, 5.41) is 0. The maximum Gasteiger partial charge on any atom is 0.232 e. The Morgan fingerprint density at radius 1 is 1.00 bits per heavy atom. The molecule has 88 valence electrons. The van der Waals surface area contributed by atoms with Crippen molar-refractivity contribution in [3.05, 3.63) is 70.8 Å². The van der Waals surface area contributed by atoms with Gasteiger partial charge in [0.25, 0.3) is 0 Å². The van der Waals surface area contributed by atoms with Gasteiger partial charge < -0.3 is 5.73 Å². The van der Waals surface area contributed by atoms with Crippen molar-refractivity contribution in [2.45, 2.75) is 17.8 Å². The van der Waals surface area contributed by atoms with E-state index >= 15 is 0 Å². The van der Waals surface area contributed by atoms with Crippen LogP contribution in [0.25, 0.3) is 0 Å². The second kappa shape index (κ2) is 3.02. The van der Waals surface area contributed by atoms with E-state index < -0.39 is 5.41 Å². The van der Waals surface area contributed by atoms with Crippen molar-refractivity contribution in [1.82, 2.24) is 0 Å². The minimum atomic E-state index is -0.585. The number of primary amides is 1. The van der Waals surface area contributed by atoms with E-state index in [0.29, 0.717) is 5.92 Å². The molecule has 0 spiro atoms. The lowest BCUT2D eigenvalue weighted by molar-refractivity contribution is -0.121. The zero-order chi connectivity index (χ0) is 12.3. The second-order valence-electron chi connectivity index (χ2n) is 5.20. The molecule has 0 saturated carbocycles. The molecule has 4 rings (SSSR count). The average molecular weight is 235 g/mol. The van der Waals surface area contributed by atoms with Crippen LogP contribution in [-0.2, 0) is 10.2 Å². The lowest BCUT2D eigenvalue weighted by Gasteiger charge is -2.28. The molecule has 2 aromatic rings. The third-order valence-corrected chi connectivity index (χ3v) is 4.52. The smallest absolute Gasteiger partial charge is 0.232 e. The Labute approximate surface area is 105 Å². The maximum atomic E-state index is 12.1. The fraction of sp³-hybridized carbons (Fsp3) is 0.188. The molecule has 2 aromatic carbocycles. The molecule has 0 radical (unpaired) electrons. The van der Waals surface area contributed by atoms with Crippen LogP contribution in [0.3, 0.4) is 0 Å². The van der Waals surface area contributed by atoms with Crippen LogP contribution < -0.4 is 5.73 Å². The lowest BCUT2D eigenvalue weighted by atomic mass is 9.75. The number of carbonyl (C=O) groups excluding carboxylic acids is 1. The monoisotopic (exact) mass is 235 g/mol. The highest BCUT2D eigenvalue weighted by Gasteiger charge is 2.56. The van der Waals surface area contributed by atoms with E-state index in [0.717, 1.165) is 17.5 Å². The van der Waals surface area contributed by atoms with E-state index in [1.165, 1.54) is 11.1 Å². The van der Waals surface area contributed by atoms with E-state index in [4.69, 9.17) is 5.73 Å². The first kappa shape index (κ1) is 9.89. The Balaban J connectivity index is 2.12. The minimum Gasteiger partial charge on any atom is -0.369 e. The van der Waals surface area contributed by atoms with Gasteiger partial charge in [-0.3, -0.25) is 4.79 Å². The van der Waals surface area contributed by atoms with Crippen molar-refractivity contribution < 1.29 is 4.79 Å². The fourth-order valence-electron chi connectivity index (χ4n) is 3.80. The molecule has 0 atom stereocenters. The van der Waals surface area contributed by atoms with Gasteiger partial charge in [-0.15, -0.1) is 0 Å². The van der Waals surface area contributed by atoms with Gasteiger partial charge in [0.15, 0.2) is 0 Å². The summed E-state index contributed by atoms with van der Waals surface area (Å²) in [6.45, 7) is 0. The van der Waals surface area contributed by atoms with E-state index in [1.807, 2.05) is 24.3 Å². The number of hydrogen-bond donors (Lipinski definition) is 1. The molecule has 2 nitrogen and oxygen atoms in total. The third-order valence-electron chi connectivity index (χ3n) is 4.52. The van der Waals surface area contributed by atoms with Crippen molar-refractivity contribution in [3.8, 4) is 0 Å². The molecule has 2 aliphatic carbocycles. The highest BCUT2D eigenvalue weighted by Crippen LogP contribution is 2.59. The van der Waals surface area contributed by atoms with Crippen LogP contribution in [-0.4, -0.2) is 5.91 Å². The van der Waals surface area contributed by atoms with Crippen molar-refractivity contribution in [3.63, 3.8) is 0 Å². The van der Waals surface area contributed by atoms with Gasteiger partial charge in [0.05, 0.1) is 0 Å². The number of carbonyl (C=O) groups is 1. The van der Waals surface area contributed by atoms with Crippen LogP contribution >= 0.6 is 0 Å². The van der Waals surface area contributed by atoms with Crippen LogP contribution in [0.15, 0.2) is 48.5 Å². The van der Waals surface area contributed by atoms with E-state index in [1.54, 1.807) is 0 Å². The third kappa shape index (κ3) is 0.894. The number of nitrogens with two attached hydrogens (primary N) is 1. The lowest BCUT2D eigenvalue weighted by Crippen LogP contribution is -2.39. The summed E-state index contributed by atoms with van der Waals surface area (Å²) in [6.07, 6.45) is 0.807. The van der Waals surface area contributed by atoms with Crippen molar-refractivity contribution in [2.24, 2.45) is 5.73 Å². The van der Waals surface area contributed by atoms with Crippen molar-refractivity contribution >= 4 is 5.91 Å². The van der Waals surface area contributed by atoms with Gasteiger partial charge in [-0.05, 0) is 28.7 Å². The van der Waals surface area contributed by atoms with Gasteiger partial charge in [-0.25, -0.2) is 0 Å². The number of amides is 1. The summed E-state index contributed by atoms with van der Waals surface area (Å²) < 4.78 is 0. The van der Waals surface area contributed by atoms with Gasteiger partial charge in [-0.2, -0.15) is 0 Å². The second-order valence-corrected chi connectivity index (χ2v) is 5.20. The van der Waals surface area contributed by atoms with Gasteiger partial charge in [0.2, 0.25) is 5.91 Å². The first-order valence-electron chi connectivity index (χ1n) is 6.24. The molecule has 0 saturated heterocycles. The molecule has 18 heavy (non-hydrogen) atoms. The van der Waals surface area contributed by atoms with Gasteiger partial charge in [0, 0.05) is 5.92 Å². The molecule has 0 aliphatic heterocycles. The molecule has 1 amide bonds. The quantitative estimate of drug-likeness (QED) is 0.809. The topological polar surface area (TPSA) is 43.1 Å². The normalized spacial score (nSPS) is 26.8. The van der Waals surface area contributed by atoms with Crippen molar-refractivity contribution in [1.29, 1.82) is 0 Å². The first-order chi connectivity index (χ1) is 8.75. The predicted molar refractivity (Wildman–Crippen MR) is 69.3 cm³/mol. The Bertz CT molecular complexity index is 627. The number of fused-ring (bicyclic) bond motifs is 8. The number of rotatable bonds is 1. The summed E-state index contributed by atoms with van der Waals surface area (Å²) in [6, 6.07) is 16.4. The Morgan fingerprint density at radius 3 is 2.00 bits per heavy atom. The molecule has 0 fully saturated rings. The zero-order valence-corrected chi connectivity index (χ0v) is 9.89. The average Bonchev–Trinajstić information content (AvgIpc) is 2.93. The molecule has 2 heteroatoms.